The van der Waals surface area contributed by atoms with Crippen LogP contribution in [0.2, 0.25) is 0 Å². The molecule has 0 heterocycles. The lowest BCUT2D eigenvalue weighted by Gasteiger charge is -2.09. The standard InChI is InChI=1S/C12H13F3O4/c1-2-18-11(16)9-3-5-10(6-4-9)19-8-17-7-12(13,14)15/h3-6H,2,7-8H2,1H3. The molecule has 7 heteroatoms. The quantitative estimate of drug-likeness (QED) is 0.456. The highest BCUT2D eigenvalue weighted by atomic mass is 19.4. The number of esters is 1. The van der Waals surface area contributed by atoms with Crippen molar-refractivity contribution < 1.29 is 32.2 Å². The first-order valence-corrected chi connectivity index (χ1v) is 5.47. The van der Waals surface area contributed by atoms with E-state index in [0.29, 0.717) is 11.3 Å². The Kier molecular flexibility index (Phi) is 5.62. The van der Waals surface area contributed by atoms with Crippen LogP contribution in [0.1, 0.15) is 17.3 Å². The first kappa shape index (κ1) is 15.3. The van der Waals surface area contributed by atoms with Crippen LogP contribution in [-0.2, 0) is 9.47 Å². The summed E-state index contributed by atoms with van der Waals surface area (Å²) >= 11 is 0. The second kappa shape index (κ2) is 6.98. The minimum absolute atomic E-state index is 0.266. The van der Waals surface area contributed by atoms with Crippen LogP contribution in [0.3, 0.4) is 0 Å². The summed E-state index contributed by atoms with van der Waals surface area (Å²) in [7, 11) is 0. The highest BCUT2D eigenvalue weighted by molar-refractivity contribution is 5.89. The number of carbonyl (C=O) groups excluding carboxylic acids is 1. The van der Waals surface area contributed by atoms with Gasteiger partial charge in [-0.1, -0.05) is 0 Å². The average molecular weight is 278 g/mol. The van der Waals surface area contributed by atoms with Crippen LogP contribution >= 0.6 is 0 Å². The van der Waals surface area contributed by atoms with Gasteiger partial charge in [0.25, 0.3) is 0 Å². The molecule has 0 spiro atoms. The zero-order valence-electron chi connectivity index (χ0n) is 10.2. The van der Waals surface area contributed by atoms with E-state index in [1.807, 2.05) is 0 Å². The maximum Gasteiger partial charge on any atom is 0.411 e. The predicted molar refractivity (Wildman–Crippen MR) is 59.9 cm³/mol. The minimum Gasteiger partial charge on any atom is -0.468 e. The Morgan fingerprint density at radius 3 is 2.37 bits per heavy atom. The molecule has 0 atom stereocenters. The summed E-state index contributed by atoms with van der Waals surface area (Å²) in [5.74, 6) is -0.169. The molecule has 19 heavy (non-hydrogen) atoms. The van der Waals surface area contributed by atoms with Crippen molar-refractivity contribution in [2.75, 3.05) is 20.0 Å². The van der Waals surface area contributed by atoms with Crippen molar-refractivity contribution in [3.05, 3.63) is 29.8 Å². The zero-order valence-corrected chi connectivity index (χ0v) is 10.2. The van der Waals surface area contributed by atoms with Crippen molar-refractivity contribution in [3.63, 3.8) is 0 Å². The normalized spacial score (nSPS) is 11.2. The van der Waals surface area contributed by atoms with E-state index in [9.17, 15) is 18.0 Å². The van der Waals surface area contributed by atoms with Gasteiger partial charge in [-0.25, -0.2) is 4.79 Å². The van der Waals surface area contributed by atoms with Gasteiger partial charge in [0.1, 0.15) is 12.4 Å². The second-order valence-corrected chi connectivity index (χ2v) is 3.47. The summed E-state index contributed by atoms with van der Waals surface area (Å²) in [5.41, 5.74) is 0.338. The molecular formula is C12H13F3O4. The van der Waals surface area contributed by atoms with Crippen LogP contribution in [0.15, 0.2) is 24.3 Å². The lowest BCUT2D eigenvalue weighted by Crippen LogP contribution is -2.19. The highest BCUT2D eigenvalue weighted by Gasteiger charge is 2.27. The summed E-state index contributed by atoms with van der Waals surface area (Å²) in [6.07, 6.45) is -4.38. The van der Waals surface area contributed by atoms with Gasteiger partial charge in [0.2, 0.25) is 0 Å². The molecule has 0 saturated carbocycles. The van der Waals surface area contributed by atoms with Gasteiger partial charge in [-0.05, 0) is 31.2 Å². The molecule has 0 radical (unpaired) electrons. The molecule has 0 amide bonds. The number of rotatable bonds is 6. The number of benzene rings is 1. The Morgan fingerprint density at radius 1 is 1.21 bits per heavy atom. The Bertz CT molecular complexity index is 400. The fourth-order valence-corrected chi connectivity index (χ4v) is 1.17. The molecule has 0 aliphatic rings. The molecule has 0 saturated heterocycles. The van der Waals surface area contributed by atoms with Crippen LogP contribution < -0.4 is 4.74 Å². The number of halogens is 3. The first-order chi connectivity index (χ1) is 8.92. The maximum absolute atomic E-state index is 11.8. The smallest absolute Gasteiger partial charge is 0.411 e. The number of alkyl halides is 3. The van der Waals surface area contributed by atoms with Crippen molar-refractivity contribution >= 4 is 5.97 Å². The third-order valence-corrected chi connectivity index (χ3v) is 1.94. The van der Waals surface area contributed by atoms with Crippen molar-refractivity contribution in [2.24, 2.45) is 0 Å². The van der Waals surface area contributed by atoms with E-state index in [1.165, 1.54) is 24.3 Å². The Morgan fingerprint density at radius 2 is 1.84 bits per heavy atom. The molecule has 4 nitrogen and oxygen atoms in total. The topological polar surface area (TPSA) is 44.8 Å². The molecule has 1 aromatic rings. The lowest BCUT2D eigenvalue weighted by atomic mass is 10.2. The van der Waals surface area contributed by atoms with E-state index in [4.69, 9.17) is 9.47 Å². The summed E-state index contributed by atoms with van der Waals surface area (Å²) in [5, 5.41) is 0. The molecule has 0 unspecified atom stereocenters. The Labute approximate surface area is 108 Å². The zero-order chi connectivity index (χ0) is 14.3. The van der Waals surface area contributed by atoms with Crippen LogP contribution in [0.5, 0.6) is 5.75 Å². The van der Waals surface area contributed by atoms with Crippen LogP contribution in [0.4, 0.5) is 13.2 Å². The lowest BCUT2D eigenvalue weighted by molar-refractivity contribution is -0.186. The molecular weight excluding hydrogens is 265 g/mol. The largest absolute Gasteiger partial charge is 0.468 e. The third kappa shape index (κ3) is 6.10. The van der Waals surface area contributed by atoms with Crippen LogP contribution in [0.25, 0.3) is 0 Å². The molecule has 0 bridgehead atoms. The number of hydrogen-bond donors (Lipinski definition) is 0. The second-order valence-electron chi connectivity index (χ2n) is 3.47. The van der Waals surface area contributed by atoms with E-state index >= 15 is 0 Å². The molecule has 0 aromatic heterocycles. The van der Waals surface area contributed by atoms with Gasteiger partial charge < -0.3 is 14.2 Å². The number of hydrogen-bond acceptors (Lipinski definition) is 4. The predicted octanol–water partition coefficient (Wildman–Crippen LogP) is 2.78. The number of carbonyl (C=O) groups is 1. The SMILES string of the molecule is CCOC(=O)c1ccc(OCOCC(F)(F)F)cc1. The van der Waals surface area contributed by atoms with Gasteiger partial charge in [-0.2, -0.15) is 13.2 Å². The first-order valence-electron chi connectivity index (χ1n) is 5.47. The van der Waals surface area contributed by atoms with Gasteiger partial charge >= 0.3 is 12.1 Å². The molecule has 1 rings (SSSR count). The molecule has 0 fully saturated rings. The van der Waals surface area contributed by atoms with Gasteiger partial charge in [-0.15, -0.1) is 0 Å². The summed E-state index contributed by atoms with van der Waals surface area (Å²) in [6.45, 7) is 0.0713. The van der Waals surface area contributed by atoms with E-state index < -0.39 is 25.5 Å². The summed E-state index contributed by atoms with van der Waals surface area (Å²) < 4.78 is 49.3. The van der Waals surface area contributed by atoms with Crippen molar-refractivity contribution in [1.29, 1.82) is 0 Å². The van der Waals surface area contributed by atoms with Crippen molar-refractivity contribution in [2.45, 2.75) is 13.1 Å². The van der Waals surface area contributed by atoms with E-state index in [-0.39, 0.29) is 6.61 Å². The highest BCUT2D eigenvalue weighted by Crippen LogP contribution is 2.16. The van der Waals surface area contributed by atoms with E-state index in [1.54, 1.807) is 6.92 Å². The fourth-order valence-electron chi connectivity index (χ4n) is 1.17. The Balaban J connectivity index is 2.38. The van der Waals surface area contributed by atoms with Gasteiger partial charge in [0.15, 0.2) is 6.79 Å². The number of ether oxygens (including phenoxy) is 3. The van der Waals surface area contributed by atoms with Gasteiger partial charge in [0, 0.05) is 0 Å². The third-order valence-electron chi connectivity index (χ3n) is 1.94. The summed E-state index contributed by atoms with van der Waals surface area (Å²) in [6, 6.07) is 5.81. The van der Waals surface area contributed by atoms with Gasteiger partial charge in [0.05, 0.1) is 12.2 Å². The van der Waals surface area contributed by atoms with Crippen LogP contribution in [-0.4, -0.2) is 32.2 Å². The van der Waals surface area contributed by atoms with E-state index in [0.717, 1.165) is 0 Å². The van der Waals surface area contributed by atoms with Crippen molar-refractivity contribution in [1.82, 2.24) is 0 Å². The minimum atomic E-state index is -4.38. The monoisotopic (exact) mass is 278 g/mol. The van der Waals surface area contributed by atoms with Gasteiger partial charge in [-0.3, -0.25) is 0 Å². The fraction of sp³-hybridized carbons (Fsp3) is 0.417. The maximum atomic E-state index is 11.8. The van der Waals surface area contributed by atoms with E-state index in [2.05, 4.69) is 4.74 Å². The molecule has 0 aliphatic carbocycles. The molecule has 106 valence electrons. The molecule has 0 N–H and O–H groups in total. The average Bonchev–Trinajstić information content (AvgIpc) is 2.34. The molecule has 1 aromatic carbocycles. The molecule has 0 aliphatic heterocycles. The summed E-state index contributed by atoms with van der Waals surface area (Å²) in [4.78, 5) is 11.3. The Hall–Kier alpha value is -1.76. The van der Waals surface area contributed by atoms with Crippen LogP contribution in [0, 0.1) is 0 Å². The van der Waals surface area contributed by atoms with Crippen molar-refractivity contribution in [3.8, 4) is 5.75 Å².